The molecule has 21 heavy (non-hydrogen) atoms. The summed E-state index contributed by atoms with van der Waals surface area (Å²) in [5.41, 5.74) is 8.96. The Morgan fingerprint density at radius 3 is 2.90 bits per heavy atom. The third-order valence-corrected chi connectivity index (χ3v) is 4.86. The molecule has 0 saturated heterocycles. The Hall–Kier alpha value is -1.86. The van der Waals surface area contributed by atoms with Gasteiger partial charge < -0.3 is 10.6 Å². The molecular weight excluding hydrogens is 262 g/mol. The predicted octanol–water partition coefficient (Wildman–Crippen LogP) is 2.31. The van der Waals surface area contributed by atoms with Gasteiger partial charge in [0.25, 0.3) is 0 Å². The quantitative estimate of drug-likeness (QED) is 0.905. The lowest BCUT2D eigenvalue weighted by Gasteiger charge is -2.29. The molecule has 2 atom stereocenters. The van der Waals surface area contributed by atoms with Crippen LogP contribution in [0.25, 0.3) is 0 Å². The van der Waals surface area contributed by atoms with Crippen molar-refractivity contribution >= 4 is 5.91 Å². The van der Waals surface area contributed by atoms with E-state index in [1.165, 1.54) is 12.8 Å². The van der Waals surface area contributed by atoms with Crippen molar-refractivity contribution in [1.82, 2.24) is 4.90 Å². The van der Waals surface area contributed by atoms with E-state index < -0.39 is 0 Å². The first-order chi connectivity index (χ1) is 10.2. The molecule has 0 radical (unpaired) electrons. The molecule has 1 aromatic carbocycles. The number of carbonyl (C=O) groups excluding carboxylic acids is 1. The van der Waals surface area contributed by atoms with Gasteiger partial charge in [0, 0.05) is 25.6 Å². The fraction of sp³-hybridized carbons (Fsp3) is 0.529. The van der Waals surface area contributed by atoms with Gasteiger partial charge in [-0.2, -0.15) is 5.26 Å². The third-order valence-electron chi connectivity index (χ3n) is 4.86. The van der Waals surface area contributed by atoms with Gasteiger partial charge in [-0.15, -0.1) is 0 Å². The highest BCUT2D eigenvalue weighted by Crippen LogP contribution is 2.30. The molecule has 1 fully saturated rings. The second kappa shape index (κ2) is 5.87. The van der Waals surface area contributed by atoms with Gasteiger partial charge in [0.2, 0.25) is 5.91 Å². The molecule has 0 bridgehead atoms. The molecule has 1 amide bonds. The third kappa shape index (κ3) is 2.79. The molecule has 1 aliphatic carbocycles. The maximum atomic E-state index is 12.5. The number of fused-ring (bicyclic) bond motifs is 1. The van der Waals surface area contributed by atoms with Crippen molar-refractivity contribution in [2.75, 3.05) is 0 Å². The van der Waals surface area contributed by atoms with E-state index >= 15 is 0 Å². The first kappa shape index (κ1) is 14.1. The van der Waals surface area contributed by atoms with Crippen molar-refractivity contribution < 1.29 is 4.79 Å². The van der Waals surface area contributed by atoms with E-state index in [-0.39, 0.29) is 11.9 Å². The maximum Gasteiger partial charge on any atom is 0.223 e. The highest BCUT2D eigenvalue weighted by atomic mass is 16.2. The second-order valence-corrected chi connectivity index (χ2v) is 6.22. The topological polar surface area (TPSA) is 70.1 Å². The summed E-state index contributed by atoms with van der Waals surface area (Å²) in [5.74, 6) is 0.503. The lowest BCUT2D eigenvalue weighted by Crippen LogP contribution is -2.37. The molecule has 2 aliphatic rings. The summed E-state index contributed by atoms with van der Waals surface area (Å²) in [6.07, 6.45) is 5.03. The summed E-state index contributed by atoms with van der Waals surface area (Å²) in [7, 11) is 0. The van der Waals surface area contributed by atoms with Crippen molar-refractivity contribution in [1.29, 1.82) is 5.26 Å². The van der Waals surface area contributed by atoms with Gasteiger partial charge in [-0.25, -0.2) is 0 Å². The number of nitrogens with zero attached hydrogens (tertiary/aromatic N) is 2. The van der Waals surface area contributed by atoms with Gasteiger partial charge in [0.15, 0.2) is 0 Å². The number of hydrogen-bond donors (Lipinski definition) is 1. The van der Waals surface area contributed by atoms with E-state index in [1.54, 1.807) is 0 Å². The Morgan fingerprint density at radius 1 is 1.33 bits per heavy atom. The van der Waals surface area contributed by atoms with Crippen LogP contribution in [0.3, 0.4) is 0 Å². The lowest BCUT2D eigenvalue weighted by molar-refractivity contribution is -0.133. The number of carbonyl (C=O) groups is 1. The predicted molar refractivity (Wildman–Crippen MR) is 80.0 cm³/mol. The first-order valence-corrected chi connectivity index (χ1v) is 7.73. The SMILES string of the molecule is N#Cc1cccc2c1CN(C(=O)C[C@H]1CCCC[C@H]1N)C2. The minimum Gasteiger partial charge on any atom is -0.334 e. The first-order valence-electron chi connectivity index (χ1n) is 7.73. The zero-order chi connectivity index (χ0) is 14.8. The average Bonchev–Trinajstić information content (AvgIpc) is 2.93. The second-order valence-electron chi connectivity index (χ2n) is 6.22. The van der Waals surface area contributed by atoms with Crippen LogP contribution < -0.4 is 5.73 Å². The fourth-order valence-corrected chi connectivity index (χ4v) is 3.55. The van der Waals surface area contributed by atoms with Crippen molar-refractivity contribution in [3.05, 3.63) is 34.9 Å². The largest absolute Gasteiger partial charge is 0.334 e. The summed E-state index contributed by atoms with van der Waals surface area (Å²) in [6.45, 7) is 1.20. The van der Waals surface area contributed by atoms with Crippen molar-refractivity contribution in [2.24, 2.45) is 11.7 Å². The van der Waals surface area contributed by atoms with E-state index in [0.29, 0.717) is 31.0 Å². The summed E-state index contributed by atoms with van der Waals surface area (Å²) < 4.78 is 0. The maximum absolute atomic E-state index is 12.5. The lowest BCUT2D eigenvalue weighted by atomic mass is 9.83. The summed E-state index contributed by atoms with van der Waals surface area (Å²) in [6, 6.07) is 8.11. The van der Waals surface area contributed by atoms with Crippen LogP contribution in [-0.2, 0) is 17.9 Å². The molecule has 1 aromatic rings. The van der Waals surface area contributed by atoms with Crippen LogP contribution in [0.2, 0.25) is 0 Å². The van der Waals surface area contributed by atoms with Gasteiger partial charge >= 0.3 is 0 Å². The van der Waals surface area contributed by atoms with Gasteiger partial charge in [-0.1, -0.05) is 25.0 Å². The molecule has 1 heterocycles. The molecule has 110 valence electrons. The van der Waals surface area contributed by atoms with Crippen molar-refractivity contribution in [3.8, 4) is 6.07 Å². The van der Waals surface area contributed by atoms with Crippen molar-refractivity contribution in [3.63, 3.8) is 0 Å². The Kier molecular flexibility index (Phi) is 3.94. The highest BCUT2D eigenvalue weighted by Gasteiger charge is 2.29. The number of hydrogen-bond acceptors (Lipinski definition) is 3. The summed E-state index contributed by atoms with van der Waals surface area (Å²) in [4.78, 5) is 14.4. The fourth-order valence-electron chi connectivity index (χ4n) is 3.55. The number of nitriles is 1. The zero-order valence-electron chi connectivity index (χ0n) is 12.2. The molecule has 2 N–H and O–H groups in total. The molecule has 0 unspecified atom stereocenters. The van der Waals surface area contributed by atoms with Crippen LogP contribution in [0.4, 0.5) is 0 Å². The van der Waals surface area contributed by atoms with Crippen molar-refractivity contribution in [2.45, 2.75) is 51.2 Å². The van der Waals surface area contributed by atoms with Crippen LogP contribution in [-0.4, -0.2) is 16.8 Å². The van der Waals surface area contributed by atoms with Gasteiger partial charge in [0.05, 0.1) is 11.6 Å². The average molecular weight is 283 g/mol. The van der Waals surface area contributed by atoms with Crippen LogP contribution in [0, 0.1) is 17.2 Å². The zero-order valence-corrected chi connectivity index (χ0v) is 12.2. The van der Waals surface area contributed by atoms with E-state index in [9.17, 15) is 4.79 Å². The van der Waals surface area contributed by atoms with Gasteiger partial charge in [0.1, 0.15) is 0 Å². The van der Waals surface area contributed by atoms with Gasteiger partial charge in [-0.3, -0.25) is 4.79 Å². The van der Waals surface area contributed by atoms with Crippen LogP contribution in [0.1, 0.15) is 48.8 Å². The molecular formula is C17H21N3O. The van der Waals surface area contributed by atoms with Crippen LogP contribution >= 0.6 is 0 Å². The van der Waals surface area contributed by atoms with Gasteiger partial charge in [-0.05, 0) is 36.0 Å². The minimum atomic E-state index is 0.169. The Balaban J connectivity index is 1.67. The van der Waals surface area contributed by atoms with Crippen LogP contribution in [0.5, 0.6) is 0 Å². The van der Waals surface area contributed by atoms with E-state index in [2.05, 4.69) is 6.07 Å². The van der Waals surface area contributed by atoms with E-state index in [0.717, 1.165) is 24.0 Å². The Labute approximate surface area is 125 Å². The smallest absolute Gasteiger partial charge is 0.223 e. The van der Waals surface area contributed by atoms with Crippen LogP contribution in [0.15, 0.2) is 18.2 Å². The molecule has 4 nitrogen and oxygen atoms in total. The molecule has 0 aromatic heterocycles. The number of benzene rings is 1. The van der Waals surface area contributed by atoms with E-state index in [1.807, 2.05) is 23.1 Å². The molecule has 0 spiro atoms. The number of rotatable bonds is 2. The van der Waals surface area contributed by atoms with E-state index in [4.69, 9.17) is 11.0 Å². The minimum absolute atomic E-state index is 0.169. The number of nitrogens with two attached hydrogens (primary N) is 1. The highest BCUT2D eigenvalue weighted by molar-refractivity contribution is 5.77. The monoisotopic (exact) mass is 283 g/mol. The normalized spacial score (nSPS) is 24.5. The Bertz CT molecular complexity index is 590. The standard InChI is InChI=1S/C17H21N3O/c18-9-13-5-3-6-14-10-20(11-15(13)14)17(21)8-12-4-1-2-7-16(12)19/h3,5-6,12,16H,1-2,4,7-8,10-11,19H2/t12-,16-/m1/s1. The summed E-state index contributed by atoms with van der Waals surface area (Å²) in [5, 5.41) is 9.15. The molecule has 1 aliphatic heterocycles. The summed E-state index contributed by atoms with van der Waals surface area (Å²) >= 11 is 0. The number of amides is 1. The molecule has 4 heteroatoms. The Morgan fingerprint density at radius 2 is 2.14 bits per heavy atom. The molecule has 1 saturated carbocycles. The molecule has 3 rings (SSSR count).